The van der Waals surface area contributed by atoms with E-state index in [4.69, 9.17) is 16.1 Å². The van der Waals surface area contributed by atoms with Crippen LogP contribution < -0.4 is 5.32 Å². The van der Waals surface area contributed by atoms with Crippen LogP contribution in [0, 0.1) is 5.92 Å². The van der Waals surface area contributed by atoms with Gasteiger partial charge >= 0.3 is 6.03 Å². The molecule has 1 saturated heterocycles. The number of imide groups is 1. The molecule has 1 aliphatic carbocycles. The first-order chi connectivity index (χ1) is 14.1. The van der Waals surface area contributed by atoms with Crippen LogP contribution in [-0.2, 0) is 4.79 Å². The first-order valence-corrected chi connectivity index (χ1v) is 10.7. The average Bonchev–Trinajstić information content (AvgIpc) is 3.20. The normalized spacial score (nSPS) is 24.3. The number of nitrogens with one attached hydrogen (secondary N) is 1. The third-order valence-electron chi connectivity index (χ3n) is 5.88. The van der Waals surface area contributed by atoms with E-state index in [1.54, 1.807) is 6.07 Å². The molecule has 4 rings (SSSR count). The maximum atomic E-state index is 12.8. The van der Waals surface area contributed by atoms with Crippen LogP contribution in [0.2, 0.25) is 5.02 Å². The molecule has 3 unspecified atom stereocenters. The lowest BCUT2D eigenvalue weighted by Crippen LogP contribution is -2.61. The topological polar surface area (TPSA) is 88.3 Å². The number of aromatic nitrogens is 2. The van der Waals surface area contributed by atoms with Crippen molar-refractivity contribution >= 4 is 23.5 Å². The Labute approximate surface area is 174 Å². The molecule has 29 heavy (non-hydrogen) atoms. The minimum absolute atomic E-state index is 0.0136. The number of hydrogen-bond acceptors (Lipinski definition) is 5. The van der Waals surface area contributed by atoms with Crippen LogP contribution >= 0.6 is 11.6 Å². The second-order valence-corrected chi connectivity index (χ2v) is 8.21. The summed E-state index contributed by atoms with van der Waals surface area (Å²) in [5.41, 5.74) is 0.724. The van der Waals surface area contributed by atoms with Gasteiger partial charge < -0.3 is 9.84 Å². The number of carbonyl (C=O) groups is 2. The van der Waals surface area contributed by atoms with E-state index < -0.39 is 0 Å². The lowest BCUT2D eigenvalue weighted by atomic mass is 9.76. The second kappa shape index (κ2) is 8.53. The predicted molar refractivity (Wildman–Crippen MR) is 108 cm³/mol. The number of carbonyl (C=O) groups excluding carboxylic acids is 2. The van der Waals surface area contributed by atoms with Gasteiger partial charge in [0.05, 0.1) is 10.9 Å². The standard InChI is InChI=1S/C21H25ClN4O3/c1-2-3-6-11-26-20(27)15-10-9-13(12-17(15)23-21(26)28)19-24-18(25-29-19)14-7-4-5-8-16(14)22/h4-5,7-8,13,15,17H,2-3,6,9-12H2,1H3,(H,23,28). The summed E-state index contributed by atoms with van der Waals surface area (Å²) < 4.78 is 5.51. The molecule has 1 N–H and O–H groups in total. The minimum atomic E-state index is -0.282. The van der Waals surface area contributed by atoms with Crippen molar-refractivity contribution < 1.29 is 14.1 Å². The van der Waals surface area contributed by atoms with Crippen molar-refractivity contribution in [3.8, 4) is 11.4 Å². The Bertz CT molecular complexity index is 900. The molecule has 2 aliphatic rings. The molecule has 0 bridgehead atoms. The molecular formula is C21H25ClN4O3. The van der Waals surface area contributed by atoms with Crippen LogP contribution in [0.1, 0.15) is 57.3 Å². The van der Waals surface area contributed by atoms with Crippen molar-refractivity contribution in [2.45, 2.75) is 57.4 Å². The molecular weight excluding hydrogens is 392 g/mol. The number of urea groups is 1. The van der Waals surface area contributed by atoms with Gasteiger partial charge in [-0.3, -0.25) is 9.69 Å². The quantitative estimate of drug-likeness (QED) is 0.705. The van der Waals surface area contributed by atoms with Gasteiger partial charge in [-0.05, 0) is 37.8 Å². The van der Waals surface area contributed by atoms with Crippen LogP contribution in [-0.4, -0.2) is 39.6 Å². The summed E-state index contributed by atoms with van der Waals surface area (Å²) in [5.74, 6) is 0.788. The summed E-state index contributed by atoms with van der Waals surface area (Å²) in [4.78, 5) is 31.2. The summed E-state index contributed by atoms with van der Waals surface area (Å²) in [5, 5.41) is 7.67. The van der Waals surface area contributed by atoms with E-state index in [0.29, 0.717) is 36.1 Å². The fraction of sp³-hybridized carbons (Fsp3) is 0.524. The highest BCUT2D eigenvalue weighted by molar-refractivity contribution is 6.33. The van der Waals surface area contributed by atoms with E-state index in [-0.39, 0.29) is 29.8 Å². The van der Waals surface area contributed by atoms with E-state index >= 15 is 0 Å². The highest BCUT2D eigenvalue weighted by Gasteiger charge is 2.45. The second-order valence-electron chi connectivity index (χ2n) is 7.81. The molecule has 0 radical (unpaired) electrons. The van der Waals surface area contributed by atoms with Gasteiger partial charge in [0.2, 0.25) is 17.6 Å². The zero-order valence-corrected chi connectivity index (χ0v) is 17.2. The smallest absolute Gasteiger partial charge is 0.324 e. The SMILES string of the molecule is CCCCCN1C(=O)NC2CC(c3nc(-c4ccccc4Cl)no3)CCC2C1=O. The van der Waals surface area contributed by atoms with Gasteiger partial charge in [-0.2, -0.15) is 4.98 Å². The fourth-order valence-electron chi connectivity index (χ4n) is 4.27. The minimum Gasteiger partial charge on any atom is -0.339 e. The van der Waals surface area contributed by atoms with Crippen molar-refractivity contribution in [3.63, 3.8) is 0 Å². The van der Waals surface area contributed by atoms with Crippen LogP contribution in [0.4, 0.5) is 4.79 Å². The molecule has 2 fully saturated rings. The molecule has 154 valence electrons. The average molecular weight is 417 g/mol. The first kappa shape index (κ1) is 19.9. The maximum Gasteiger partial charge on any atom is 0.324 e. The molecule has 1 saturated carbocycles. The summed E-state index contributed by atoms with van der Waals surface area (Å²) in [6, 6.07) is 6.89. The number of halogens is 1. The number of amides is 3. The highest BCUT2D eigenvalue weighted by atomic mass is 35.5. The summed E-state index contributed by atoms with van der Waals surface area (Å²) in [6.07, 6.45) is 5.01. The van der Waals surface area contributed by atoms with Crippen LogP contribution in [0.25, 0.3) is 11.4 Å². The van der Waals surface area contributed by atoms with Gasteiger partial charge in [-0.15, -0.1) is 0 Å². The largest absolute Gasteiger partial charge is 0.339 e. The summed E-state index contributed by atoms with van der Waals surface area (Å²) in [7, 11) is 0. The molecule has 7 nitrogen and oxygen atoms in total. The van der Waals surface area contributed by atoms with Gasteiger partial charge in [-0.25, -0.2) is 4.79 Å². The van der Waals surface area contributed by atoms with Crippen LogP contribution in [0.5, 0.6) is 0 Å². The Morgan fingerprint density at radius 2 is 2.07 bits per heavy atom. The fourth-order valence-corrected chi connectivity index (χ4v) is 4.49. The van der Waals surface area contributed by atoms with Gasteiger partial charge in [-0.1, -0.05) is 48.7 Å². The molecule has 3 atom stereocenters. The maximum absolute atomic E-state index is 12.8. The molecule has 1 aromatic heterocycles. The van der Waals surface area contributed by atoms with E-state index in [1.807, 2.05) is 18.2 Å². The van der Waals surface area contributed by atoms with E-state index in [0.717, 1.165) is 31.2 Å². The van der Waals surface area contributed by atoms with Crippen LogP contribution in [0.15, 0.2) is 28.8 Å². The molecule has 3 amide bonds. The number of hydrogen-bond donors (Lipinski definition) is 1. The predicted octanol–water partition coefficient (Wildman–Crippen LogP) is 4.38. The number of fused-ring (bicyclic) bond motifs is 1. The number of benzene rings is 1. The third-order valence-corrected chi connectivity index (χ3v) is 6.21. The van der Waals surface area contributed by atoms with Crippen molar-refractivity contribution in [1.29, 1.82) is 0 Å². The Hall–Kier alpha value is -2.41. The number of nitrogens with zero attached hydrogens (tertiary/aromatic N) is 3. The third kappa shape index (κ3) is 4.01. The van der Waals surface area contributed by atoms with Crippen molar-refractivity contribution in [2.24, 2.45) is 5.92 Å². The Balaban J connectivity index is 1.44. The number of unbranched alkanes of at least 4 members (excludes halogenated alkanes) is 2. The van der Waals surface area contributed by atoms with Gasteiger partial charge in [0.1, 0.15) is 0 Å². The lowest BCUT2D eigenvalue weighted by molar-refractivity contribution is -0.136. The molecule has 1 aliphatic heterocycles. The van der Waals surface area contributed by atoms with Crippen molar-refractivity contribution in [3.05, 3.63) is 35.2 Å². The zero-order valence-electron chi connectivity index (χ0n) is 16.4. The van der Waals surface area contributed by atoms with E-state index in [9.17, 15) is 9.59 Å². The molecule has 8 heteroatoms. The molecule has 0 spiro atoms. The Morgan fingerprint density at radius 3 is 2.86 bits per heavy atom. The van der Waals surface area contributed by atoms with Crippen LogP contribution in [0.3, 0.4) is 0 Å². The Morgan fingerprint density at radius 1 is 1.24 bits per heavy atom. The summed E-state index contributed by atoms with van der Waals surface area (Å²) >= 11 is 6.22. The van der Waals surface area contributed by atoms with E-state index in [2.05, 4.69) is 22.4 Å². The highest BCUT2D eigenvalue weighted by Crippen LogP contribution is 2.38. The first-order valence-electron chi connectivity index (χ1n) is 10.3. The van der Waals surface area contributed by atoms with Gasteiger partial charge in [0.25, 0.3) is 0 Å². The summed E-state index contributed by atoms with van der Waals surface area (Å²) in [6.45, 7) is 2.60. The molecule has 1 aromatic carbocycles. The molecule has 2 heterocycles. The zero-order chi connectivity index (χ0) is 20.4. The van der Waals surface area contributed by atoms with Gasteiger partial charge in [0, 0.05) is 24.1 Å². The number of rotatable bonds is 6. The van der Waals surface area contributed by atoms with Crippen molar-refractivity contribution in [2.75, 3.05) is 6.54 Å². The van der Waals surface area contributed by atoms with Crippen molar-refractivity contribution in [1.82, 2.24) is 20.4 Å². The lowest BCUT2D eigenvalue weighted by Gasteiger charge is -2.41. The monoisotopic (exact) mass is 416 g/mol. The Kier molecular flexibility index (Phi) is 5.85. The van der Waals surface area contributed by atoms with E-state index in [1.165, 1.54) is 4.90 Å². The molecule has 2 aromatic rings. The van der Waals surface area contributed by atoms with Gasteiger partial charge in [0.15, 0.2) is 0 Å².